The lowest BCUT2D eigenvalue weighted by Gasteiger charge is -2.14. The normalized spacial score (nSPS) is 10.8. The summed E-state index contributed by atoms with van der Waals surface area (Å²) in [6.07, 6.45) is 2.27. The third kappa shape index (κ3) is 3.09. The van der Waals surface area contributed by atoms with Crippen LogP contribution in [0.15, 0.2) is 47.3 Å². The quantitative estimate of drug-likeness (QED) is 0.862. The summed E-state index contributed by atoms with van der Waals surface area (Å²) in [5, 5.41) is 8.68. The lowest BCUT2D eigenvalue weighted by atomic mass is 10.1. The number of carbonyl (C=O) groups is 1. The van der Waals surface area contributed by atoms with Gasteiger partial charge < -0.3 is 14.4 Å². The van der Waals surface area contributed by atoms with Gasteiger partial charge in [-0.3, -0.25) is 4.79 Å². The van der Waals surface area contributed by atoms with Crippen molar-refractivity contribution in [1.29, 1.82) is 0 Å². The Kier molecular flexibility index (Phi) is 4.78. The minimum atomic E-state index is -1.09. The zero-order chi connectivity index (χ0) is 16.1. The number of aliphatic carboxylic acids is 1. The van der Waals surface area contributed by atoms with Gasteiger partial charge in [-0.25, -0.2) is 4.79 Å². The summed E-state index contributed by atoms with van der Waals surface area (Å²) in [7, 11) is 1.58. The summed E-state index contributed by atoms with van der Waals surface area (Å²) in [4.78, 5) is 23.1. The van der Waals surface area contributed by atoms with E-state index in [1.54, 1.807) is 23.8 Å². The number of aromatic nitrogens is 1. The number of nitrogens with zero attached hydrogens (tertiary/aromatic N) is 1. The second kappa shape index (κ2) is 6.76. The van der Waals surface area contributed by atoms with Gasteiger partial charge >= 0.3 is 5.97 Å². The van der Waals surface area contributed by atoms with Crippen molar-refractivity contribution < 1.29 is 14.6 Å². The SMILES string of the molecule is CCn1c(-c2ccccc2OC)ccc(/C=C/C(=O)O)c1=O. The zero-order valence-electron chi connectivity index (χ0n) is 12.4. The van der Waals surface area contributed by atoms with Crippen molar-refractivity contribution in [3.8, 4) is 17.0 Å². The van der Waals surface area contributed by atoms with Crippen LogP contribution in [0.1, 0.15) is 12.5 Å². The van der Waals surface area contributed by atoms with E-state index in [2.05, 4.69) is 0 Å². The maximum absolute atomic E-state index is 12.5. The van der Waals surface area contributed by atoms with Crippen molar-refractivity contribution in [3.63, 3.8) is 0 Å². The summed E-state index contributed by atoms with van der Waals surface area (Å²) >= 11 is 0. The van der Waals surface area contributed by atoms with Crippen LogP contribution >= 0.6 is 0 Å². The van der Waals surface area contributed by atoms with Crippen molar-refractivity contribution in [2.45, 2.75) is 13.5 Å². The first-order chi connectivity index (χ1) is 10.6. The van der Waals surface area contributed by atoms with E-state index in [9.17, 15) is 9.59 Å². The molecular formula is C17H17NO4. The Bertz CT molecular complexity index is 774. The van der Waals surface area contributed by atoms with Gasteiger partial charge in [-0.1, -0.05) is 12.1 Å². The molecule has 5 nitrogen and oxygen atoms in total. The molecule has 0 aliphatic rings. The third-order valence-electron chi connectivity index (χ3n) is 3.31. The molecule has 0 unspecified atom stereocenters. The molecule has 0 atom stereocenters. The number of carboxylic acids is 1. The molecule has 22 heavy (non-hydrogen) atoms. The van der Waals surface area contributed by atoms with E-state index < -0.39 is 5.97 Å². The molecule has 0 fully saturated rings. The molecule has 1 heterocycles. The summed E-state index contributed by atoms with van der Waals surface area (Å²) in [5.41, 5.74) is 1.65. The van der Waals surface area contributed by atoms with E-state index >= 15 is 0 Å². The van der Waals surface area contributed by atoms with Gasteiger partial charge in [0.1, 0.15) is 5.75 Å². The van der Waals surface area contributed by atoms with E-state index in [-0.39, 0.29) is 5.56 Å². The molecule has 0 aliphatic carbocycles. The molecule has 1 aromatic heterocycles. The number of pyridine rings is 1. The lowest BCUT2D eigenvalue weighted by molar-refractivity contribution is -0.131. The first kappa shape index (κ1) is 15.6. The fourth-order valence-electron chi connectivity index (χ4n) is 2.29. The van der Waals surface area contributed by atoms with Crippen LogP contribution < -0.4 is 10.3 Å². The molecule has 2 rings (SSSR count). The molecule has 0 radical (unpaired) electrons. The molecule has 0 saturated carbocycles. The van der Waals surface area contributed by atoms with Gasteiger partial charge in [0.15, 0.2) is 0 Å². The number of ether oxygens (including phenoxy) is 1. The molecule has 2 aromatic rings. The van der Waals surface area contributed by atoms with Gasteiger partial charge in [-0.05, 0) is 37.3 Å². The fourth-order valence-corrected chi connectivity index (χ4v) is 2.29. The van der Waals surface area contributed by atoms with Gasteiger partial charge in [0, 0.05) is 23.7 Å². The number of rotatable bonds is 5. The molecule has 0 aliphatic heterocycles. The molecular weight excluding hydrogens is 282 g/mol. The summed E-state index contributed by atoms with van der Waals surface area (Å²) < 4.78 is 6.94. The predicted octanol–water partition coefficient (Wildman–Crippen LogP) is 2.64. The van der Waals surface area contributed by atoms with Gasteiger partial charge in [-0.15, -0.1) is 0 Å². The fraction of sp³-hybridized carbons (Fsp3) is 0.176. The van der Waals surface area contributed by atoms with Gasteiger partial charge in [0.05, 0.1) is 12.8 Å². The van der Waals surface area contributed by atoms with Crippen molar-refractivity contribution >= 4 is 12.0 Å². The highest BCUT2D eigenvalue weighted by Crippen LogP contribution is 2.28. The van der Waals surface area contributed by atoms with E-state index in [0.717, 1.165) is 17.3 Å². The number of methoxy groups -OCH3 is 1. The standard InChI is InChI=1S/C17H17NO4/c1-3-18-14(13-6-4-5-7-15(13)22-2)10-8-12(17(18)21)9-11-16(19)20/h4-11H,3H2,1-2H3,(H,19,20)/b11-9+. The molecule has 0 bridgehead atoms. The topological polar surface area (TPSA) is 68.5 Å². The van der Waals surface area contributed by atoms with Crippen molar-refractivity contribution in [2.24, 2.45) is 0 Å². The number of carboxylic acid groups (broad SMARTS) is 1. The average Bonchev–Trinajstić information content (AvgIpc) is 2.53. The largest absolute Gasteiger partial charge is 0.496 e. The summed E-state index contributed by atoms with van der Waals surface area (Å²) in [6.45, 7) is 2.34. The summed E-state index contributed by atoms with van der Waals surface area (Å²) in [6, 6.07) is 10.9. The van der Waals surface area contributed by atoms with E-state index in [4.69, 9.17) is 9.84 Å². The number of hydrogen-bond acceptors (Lipinski definition) is 3. The first-order valence-electron chi connectivity index (χ1n) is 6.86. The Labute approximate surface area is 128 Å². The van der Waals surface area contributed by atoms with Crippen LogP contribution in [0.5, 0.6) is 5.75 Å². The van der Waals surface area contributed by atoms with Gasteiger partial charge in [-0.2, -0.15) is 0 Å². The predicted molar refractivity (Wildman–Crippen MR) is 85.0 cm³/mol. The number of hydrogen-bond donors (Lipinski definition) is 1. The van der Waals surface area contributed by atoms with Crippen LogP contribution in [0.25, 0.3) is 17.3 Å². The average molecular weight is 299 g/mol. The van der Waals surface area contributed by atoms with Crippen LogP contribution in [-0.2, 0) is 11.3 Å². The van der Waals surface area contributed by atoms with Crippen LogP contribution in [0, 0.1) is 0 Å². The molecule has 0 amide bonds. The van der Waals surface area contributed by atoms with Crippen LogP contribution in [0.4, 0.5) is 0 Å². The van der Waals surface area contributed by atoms with Crippen molar-refractivity contribution in [1.82, 2.24) is 4.57 Å². The van der Waals surface area contributed by atoms with Crippen LogP contribution in [0.3, 0.4) is 0 Å². The maximum Gasteiger partial charge on any atom is 0.328 e. The Hall–Kier alpha value is -2.82. The zero-order valence-corrected chi connectivity index (χ0v) is 12.4. The monoisotopic (exact) mass is 299 g/mol. The van der Waals surface area contributed by atoms with Gasteiger partial charge in [0.2, 0.25) is 0 Å². The van der Waals surface area contributed by atoms with Crippen molar-refractivity contribution in [2.75, 3.05) is 7.11 Å². The second-order valence-electron chi connectivity index (χ2n) is 4.60. The lowest BCUT2D eigenvalue weighted by Crippen LogP contribution is -2.23. The molecule has 0 spiro atoms. The van der Waals surface area contributed by atoms with Crippen LogP contribution in [0.2, 0.25) is 0 Å². The minimum Gasteiger partial charge on any atom is -0.496 e. The first-order valence-corrected chi connectivity index (χ1v) is 6.86. The maximum atomic E-state index is 12.5. The van der Waals surface area contributed by atoms with E-state index in [1.807, 2.05) is 31.2 Å². The number of para-hydroxylation sites is 1. The summed E-state index contributed by atoms with van der Waals surface area (Å²) in [5.74, 6) is -0.408. The van der Waals surface area contributed by atoms with Crippen LogP contribution in [-0.4, -0.2) is 22.8 Å². The smallest absolute Gasteiger partial charge is 0.328 e. The van der Waals surface area contributed by atoms with E-state index in [1.165, 1.54) is 6.08 Å². The molecule has 1 aromatic carbocycles. The van der Waals surface area contributed by atoms with Gasteiger partial charge in [0.25, 0.3) is 5.56 Å². The third-order valence-corrected chi connectivity index (χ3v) is 3.31. The minimum absolute atomic E-state index is 0.233. The number of benzene rings is 1. The molecule has 5 heteroatoms. The second-order valence-corrected chi connectivity index (χ2v) is 4.60. The molecule has 1 N–H and O–H groups in total. The molecule has 114 valence electrons. The van der Waals surface area contributed by atoms with Crippen molar-refractivity contribution in [3.05, 3.63) is 58.4 Å². The molecule has 0 saturated heterocycles. The van der Waals surface area contributed by atoms with E-state index in [0.29, 0.717) is 17.9 Å². The Morgan fingerprint density at radius 3 is 2.64 bits per heavy atom. The highest BCUT2D eigenvalue weighted by atomic mass is 16.5. The Balaban J connectivity index is 2.62. The highest BCUT2D eigenvalue weighted by molar-refractivity contribution is 5.85. The Morgan fingerprint density at radius 1 is 1.27 bits per heavy atom. The highest BCUT2D eigenvalue weighted by Gasteiger charge is 2.11. The Morgan fingerprint density at radius 2 is 2.00 bits per heavy atom.